The summed E-state index contributed by atoms with van der Waals surface area (Å²) >= 11 is 5.63. The van der Waals surface area contributed by atoms with Crippen LogP contribution in [0.25, 0.3) is 0 Å². The molecule has 1 aromatic carbocycles. The number of benzene rings is 1. The number of amides is 1. The molecule has 0 N–H and O–H groups in total. The molecule has 0 aliphatic carbocycles. The predicted molar refractivity (Wildman–Crippen MR) is 81.1 cm³/mol. The van der Waals surface area contributed by atoms with Crippen LogP contribution in [0.4, 0.5) is 0 Å². The molecule has 0 fully saturated rings. The molecule has 0 heterocycles. The Kier molecular flexibility index (Phi) is 7.23. The van der Waals surface area contributed by atoms with Crippen molar-refractivity contribution in [2.75, 3.05) is 33.7 Å². The fraction of sp³-hybridized carbons (Fsp3) is 0.533. The van der Waals surface area contributed by atoms with Gasteiger partial charge in [0.05, 0.1) is 14.2 Å². The van der Waals surface area contributed by atoms with E-state index in [2.05, 4.69) is 0 Å². The molecule has 0 saturated carbocycles. The van der Waals surface area contributed by atoms with E-state index >= 15 is 0 Å². The van der Waals surface area contributed by atoms with Crippen molar-refractivity contribution in [1.82, 2.24) is 4.90 Å². The number of hydrogen-bond donors (Lipinski definition) is 0. The maximum atomic E-state index is 12.3. The van der Waals surface area contributed by atoms with Crippen molar-refractivity contribution < 1.29 is 14.3 Å². The molecule has 112 valence electrons. The van der Waals surface area contributed by atoms with Crippen molar-refractivity contribution in [1.29, 1.82) is 0 Å². The third-order valence-corrected chi connectivity index (χ3v) is 3.37. The predicted octanol–water partition coefficient (Wildman–Crippen LogP) is 3.18. The summed E-state index contributed by atoms with van der Waals surface area (Å²) < 4.78 is 10.4. The molecule has 1 rings (SSSR count). The molecule has 0 saturated heterocycles. The molecule has 1 aromatic rings. The third-order valence-electron chi connectivity index (χ3n) is 3.10. The second kappa shape index (κ2) is 8.69. The molecular weight excluding hydrogens is 278 g/mol. The van der Waals surface area contributed by atoms with Gasteiger partial charge in [-0.2, -0.15) is 0 Å². The van der Waals surface area contributed by atoms with Crippen LogP contribution < -0.4 is 9.47 Å². The Bertz CT molecular complexity index is 437. The maximum absolute atomic E-state index is 12.3. The Morgan fingerprint density at radius 2 is 1.85 bits per heavy atom. The lowest BCUT2D eigenvalue weighted by molar-refractivity contribution is 0.0792. The Hall–Kier alpha value is -1.42. The average Bonchev–Trinajstić information content (AvgIpc) is 2.49. The molecule has 0 aromatic heterocycles. The van der Waals surface area contributed by atoms with Gasteiger partial charge in [-0.1, -0.05) is 6.42 Å². The minimum Gasteiger partial charge on any atom is -0.493 e. The second-order valence-electron chi connectivity index (χ2n) is 4.55. The van der Waals surface area contributed by atoms with E-state index in [0.29, 0.717) is 22.9 Å². The number of carbonyl (C=O) groups excluding carboxylic acids is 1. The number of unbranched alkanes of at least 4 members (excludes halogenated alkanes) is 2. The summed E-state index contributed by atoms with van der Waals surface area (Å²) in [6.45, 7) is 0.726. The van der Waals surface area contributed by atoms with Gasteiger partial charge in [0.1, 0.15) is 0 Å². The summed E-state index contributed by atoms with van der Waals surface area (Å²) in [4.78, 5) is 14.0. The Morgan fingerprint density at radius 1 is 1.15 bits per heavy atom. The van der Waals surface area contributed by atoms with Crippen molar-refractivity contribution in [3.8, 4) is 11.5 Å². The van der Waals surface area contributed by atoms with Crippen LogP contribution in [0.5, 0.6) is 11.5 Å². The van der Waals surface area contributed by atoms with Gasteiger partial charge in [-0.15, -0.1) is 11.6 Å². The van der Waals surface area contributed by atoms with Crippen LogP contribution >= 0.6 is 11.6 Å². The van der Waals surface area contributed by atoms with Crippen LogP contribution in [0.2, 0.25) is 0 Å². The van der Waals surface area contributed by atoms with Gasteiger partial charge in [0.25, 0.3) is 5.91 Å². The first-order valence-electron chi connectivity index (χ1n) is 6.67. The fourth-order valence-corrected chi connectivity index (χ4v) is 2.10. The Labute approximate surface area is 125 Å². The van der Waals surface area contributed by atoms with Crippen LogP contribution in [0, 0.1) is 0 Å². The number of methoxy groups -OCH3 is 2. The third kappa shape index (κ3) is 4.60. The molecule has 0 spiro atoms. The first-order valence-corrected chi connectivity index (χ1v) is 7.21. The van der Waals surface area contributed by atoms with Crippen molar-refractivity contribution in [2.24, 2.45) is 0 Å². The van der Waals surface area contributed by atoms with Crippen molar-refractivity contribution >= 4 is 17.5 Å². The summed E-state index contributed by atoms with van der Waals surface area (Å²) in [5, 5.41) is 0. The SMILES string of the molecule is COc1ccc(C(=O)N(C)CCCCCCl)cc1OC. The lowest BCUT2D eigenvalue weighted by Crippen LogP contribution is -2.27. The zero-order valence-corrected chi connectivity index (χ0v) is 13.1. The number of alkyl halides is 1. The molecule has 0 aliphatic rings. The lowest BCUT2D eigenvalue weighted by atomic mass is 10.1. The summed E-state index contributed by atoms with van der Waals surface area (Å²) in [6, 6.07) is 5.20. The molecule has 0 unspecified atom stereocenters. The van der Waals surface area contributed by atoms with Crippen LogP contribution in [0.1, 0.15) is 29.6 Å². The second-order valence-corrected chi connectivity index (χ2v) is 4.92. The van der Waals surface area contributed by atoms with Gasteiger partial charge in [-0.3, -0.25) is 4.79 Å². The van der Waals surface area contributed by atoms with E-state index in [-0.39, 0.29) is 5.91 Å². The minimum absolute atomic E-state index is 0.0168. The smallest absolute Gasteiger partial charge is 0.253 e. The number of hydrogen-bond acceptors (Lipinski definition) is 3. The van der Waals surface area contributed by atoms with Gasteiger partial charge in [0.15, 0.2) is 11.5 Å². The zero-order chi connectivity index (χ0) is 15.0. The van der Waals surface area contributed by atoms with E-state index in [4.69, 9.17) is 21.1 Å². The molecule has 0 atom stereocenters. The number of rotatable bonds is 8. The van der Waals surface area contributed by atoms with Crippen molar-refractivity contribution in [3.05, 3.63) is 23.8 Å². The van der Waals surface area contributed by atoms with E-state index in [1.165, 1.54) is 0 Å². The molecule has 5 heteroatoms. The van der Waals surface area contributed by atoms with Crippen molar-refractivity contribution in [2.45, 2.75) is 19.3 Å². The molecule has 0 radical (unpaired) electrons. The number of halogens is 1. The maximum Gasteiger partial charge on any atom is 0.253 e. The van der Waals surface area contributed by atoms with Crippen LogP contribution in [0.15, 0.2) is 18.2 Å². The van der Waals surface area contributed by atoms with Gasteiger partial charge < -0.3 is 14.4 Å². The fourth-order valence-electron chi connectivity index (χ4n) is 1.91. The van der Waals surface area contributed by atoms with Crippen LogP contribution in [-0.2, 0) is 0 Å². The first kappa shape index (κ1) is 16.6. The quantitative estimate of drug-likeness (QED) is 0.546. The first-order chi connectivity index (χ1) is 9.63. The molecule has 1 amide bonds. The highest BCUT2D eigenvalue weighted by Crippen LogP contribution is 2.27. The molecule has 0 bridgehead atoms. The van der Waals surface area contributed by atoms with Gasteiger partial charge >= 0.3 is 0 Å². The minimum atomic E-state index is -0.0168. The highest BCUT2D eigenvalue weighted by Gasteiger charge is 2.14. The highest BCUT2D eigenvalue weighted by molar-refractivity contribution is 6.17. The summed E-state index contributed by atoms with van der Waals surface area (Å²) in [5.74, 6) is 1.84. The summed E-state index contributed by atoms with van der Waals surface area (Å²) in [7, 11) is 4.93. The van der Waals surface area contributed by atoms with E-state index < -0.39 is 0 Å². The largest absolute Gasteiger partial charge is 0.493 e. The topological polar surface area (TPSA) is 38.8 Å². The molecular formula is C15H22ClNO3. The van der Waals surface area contributed by atoms with Gasteiger partial charge in [0.2, 0.25) is 0 Å². The number of carbonyl (C=O) groups is 1. The monoisotopic (exact) mass is 299 g/mol. The lowest BCUT2D eigenvalue weighted by Gasteiger charge is -2.18. The van der Waals surface area contributed by atoms with E-state index in [0.717, 1.165) is 25.8 Å². The molecule has 4 nitrogen and oxygen atoms in total. The van der Waals surface area contributed by atoms with E-state index in [1.807, 2.05) is 0 Å². The summed E-state index contributed by atoms with van der Waals surface area (Å²) in [6.07, 6.45) is 2.98. The molecule has 0 aliphatic heterocycles. The zero-order valence-electron chi connectivity index (χ0n) is 12.3. The molecule has 20 heavy (non-hydrogen) atoms. The van der Waals surface area contributed by atoms with Gasteiger partial charge in [-0.25, -0.2) is 0 Å². The normalized spacial score (nSPS) is 10.2. The van der Waals surface area contributed by atoms with Crippen LogP contribution in [0.3, 0.4) is 0 Å². The number of nitrogens with zero attached hydrogens (tertiary/aromatic N) is 1. The van der Waals surface area contributed by atoms with Crippen molar-refractivity contribution in [3.63, 3.8) is 0 Å². The highest BCUT2D eigenvalue weighted by atomic mass is 35.5. The van der Waals surface area contributed by atoms with Gasteiger partial charge in [-0.05, 0) is 31.0 Å². The standard InChI is InChI=1S/C15H22ClNO3/c1-17(10-6-4-5-9-16)15(18)12-7-8-13(19-2)14(11-12)20-3/h7-8,11H,4-6,9-10H2,1-3H3. The van der Waals surface area contributed by atoms with E-state index in [9.17, 15) is 4.79 Å². The Morgan fingerprint density at radius 3 is 2.45 bits per heavy atom. The number of ether oxygens (including phenoxy) is 2. The van der Waals surface area contributed by atoms with Crippen LogP contribution in [-0.4, -0.2) is 44.5 Å². The van der Waals surface area contributed by atoms with E-state index in [1.54, 1.807) is 44.4 Å². The summed E-state index contributed by atoms with van der Waals surface area (Å²) in [5.41, 5.74) is 0.600. The average molecular weight is 300 g/mol. The van der Waals surface area contributed by atoms with Gasteiger partial charge in [0, 0.05) is 25.0 Å². The Balaban J connectivity index is 2.66.